The number of aryl methyl sites for hydroxylation is 1. The lowest BCUT2D eigenvalue weighted by molar-refractivity contribution is -0.122. The molecule has 0 saturated carbocycles. The van der Waals surface area contributed by atoms with Crippen molar-refractivity contribution in [1.29, 1.82) is 0 Å². The first-order chi connectivity index (χ1) is 14.6. The van der Waals surface area contributed by atoms with Crippen LogP contribution in [0.15, 0.2) is 40.4 Å². The number of piperidine rings is 1. The maximum Gasteiger partial charge on any atom is 0.227 e. The summed E-state index contributed by atoms with van der Waals surface area (Å²) in [5.41, 5.74) is 6.04. The van der Waals surface area contributed by atoms with Crippen LogP contribution in [0.25, 0.3) is 10.7 Å². The number of thiophene rings is 1. The number of aromatic nitrogens is 3. The van der Waals surface area contributed by atoms with E-state index in [4.69, 9.17) is 10.3 Å². The Kier molecular flexibility index (Phi) is 6.03. The lowest BCUT2D eigenvalue weighted by atomic mass is 9.97. The average molecular weight is 427 g/mol. The van der Waals surface area contributed by atoms with Crippen LogP contribution >= 0.6 is 11.3 Å². The molecule has 1 unspecified atom stereocenters. The molecule has 1 atom stereocenters. The van der Waals surface area contributed by atoms with Gasteiger partial charge in [0.2, 0.25) is 23.5 Å². The summed E-state index contributed by atoms with van der Waals surface area (Å²) in [6, 6.07) is 7.48. The number of carbonyl (C=O) groups is 2. The van der Waals surface area contributed by atoms with E-state index in [1.54, 1.807) is 12.3 Å². The molecule has 3 N–H and O–H groups in total. The van der Waals surface area contributed by atoms with Crippen molar-refractivity contribution >= 4 is 34.7 Å². The minimum Gasteiger partial charge on any atom is -0.369 e. The van der Waals surface area contributed by atoms with Gasteiger partial charge in [0.05, 0.1) is 22.7 Å². The second kappa shape index (κ2) is 9.04. The molecular weight excluding hydrogens is 404 g/mol. The van der Waals surface area contributed by atoms with Crippen LogP contribution in [0.4, 0.5) is 11.5 Å². The van der Waals surface area contributed by atoms with Gasteiger partial charge < -0.3 is 20.5 Å². The zero-order valence-corrected chi connectivity index (χ0v) is 17.1. The molecule has 0 radical (unpaired) electrons. The molecule has 1 aliphatic rings. The molecule has 0 aromatic carbocycles. The number of hydrogen-bond donors (Lipinski definition) is 2. The zero-order chi connectivity index (χ0) is 20.9. The molecule has 3 aromatic heterocycles. The Morgan fingerprint density at radius 3 is 2.97 bits per heavy atom. The van der Waals surface area contributed by atoms with Crippen molar-refractivity contribution in [1.82, 2.24) is 15.1 Å². The van der Waals surface area contributed by atoms with Crippen molar-refractivity contribution < 1.29 is 14.1 Å². The predicted octanol–water partition coefficient (Wildman–Crippen LogP) is 2.47. The number of primary amides is 1. The van der Waals surface area contributed by atoms with E-state index in [2.05, 4.69) is 20.4 Å². The smallest absolute Gasteiger partial charge is 0.227 e. The van der Waals surface area contributed by atoms with E-state index >= 15 is 0 Å². The highest BCUT2D eigenvalue weighted by molar-refractivity contribution is 7.13. The van der Waals surface area contributed by atoms with Gasteiger partial charge in [-0.2, -0.15) is 4.98 Å². The maximum atomic E-state index is 12.2. The summed E-state index contributed by atoms with van der Waals surface area (Å²) in [4.78, 5) is 35.4. The Balaban J connectivity index is 1.28. The zero-order valence-electron chi connectivity index (χ0n) is 16.3. The van der Waals surface area contributed by atoms with E-state index in [9.17, 15) is 9.59 Å². The van der Waals surface area contributed by atoms with Crippen molar-refractivity contribution in [2.24, 2.45) is 11.7 Å². The number of nitrogens with two attached hydrogens (primary N) is 1. The van der Waals surface area contributed by atoms with E-state index in [0.717, 1.165) is 30.1 Å². The molecule has 4 rings (SSSR count). The topological polar surface area (TPSA) is 127 Å². The molecule has 4 heterocycles. The second-order valence-electron chi connectivity index (χ2n) is 7.13. The van der Waals surface area contributed by atoms with Gasteiger partial charge in [-0.25, -0.2) is 4.98 Å². The van der Waals surface area contributed by atoms with Gasteiger partial charge in [0.15, 0.2) is 0 Å². The Morgan fingerprint density at radius 2 is 2.23 bits per heavy atom. The van der Waals surface area contributed by atoms with Crippen molar-refractivity contribution in [2.75, 3.05) is 23.3 Å². The van der Waals surface area contributed by atoms with Crippen molar-refractivity contribution in [3.05, 3.63) is 41.7 Å². The van der Waals surface area contributed by atoms with Crippen molar-refractivity contribution in [3.63, 3.8) is 0 Å². The van der Waals surface area contributed by atoms with E-state index in [-0.39, 0.29) is 24.2 Å². The molecule has 156 valence electrons. The van der Waals surface area contributed by atoms with Crippen LogP contribution in [0.3, 0.4) is 0 Å². The summed E-state index contributed by atoms with van der Waals surface area (Å²) in [5.74, 6) is 1.16. The van der Waals surface area contributed by atoms with Gasteiger partial charge in [-0.05, 0) is 36.4 Å². The second-order valence-corrected chi connectivity index (χ2v) is 8.08. The fourth-order valence-electron chi connectivity index (χ4n) is 3.37. The van der Waals surface area contributed by atoms with Crippen molar-refractivity contribution in [2.45, 2.75) is 25.7 Å². The Hall–Kier alpha value is -3.27. The van der Waals surface area contributed by atoms with E-state index < -0.39 is 0 Å². The van der Waals surface area contributed by atoms with E-state index in [0.29, 0.717) is 30.4 Å². The van der Waals surface area contributed by atoms with Crippen molar-refractivity contribution in [3.8, 4) is 10.7 Å². The highest BCUT2D eigenvalue weighted by atomic mass is 32.1. The molecule has 10 heteroatoms. The fraction of sp³-hybridized carbons (Fsp3) is 0.350. The summed E-state index contributed by atoms with van der Waals surface area (Å²) in [6.07, 6.45) is 3.91. The standard InChI is InChI=1S/C20H22N6O3S/c21-19(28)13-3-1-9-26(12-13)16-6-5-14(11-22-16)23-17(27)7-8-18-24-20(25-29-18)15-4-2-10-30-15/h2,4-6,10-11,13H,1,3,7-9,12H2,(H2,21,28)(H,23,27). The summed E-state index contributed by atoms with van der Waals surface area (Å²) in [6.45, 7) is 1.41. The lowest BCUT2D eigenvalue weighted by Crippen LogP contribution is -2.41. The number of nitrogens with zero attached hydrogens (tertiary/aromatic N) is 4. The Bertz CT molecular complexity index is 1000. The number of nitrogens with one attached hydrogen (secondary N) is 1. The summed E-state index contributed by atoms with van der Waals surface area (Å²) >= 11 is 1.53. The van der Waals surface area contributed by atoms with Gasteiger partial charge >= 0.3 is 0 Å². The highest BCUT2D eigenvalue weighted by Crippen LogP contribution is 2.23. The third-order valence-electron chi connectivity index (χ3n) is 4.95. The van der Waals surface area contributed by atoms with Crippen LogP contribution in [-0.2, 0) is 16.0 Å². The normalized spacial score (nSPS) is 16.4. The largest absolute Gasteiger partial charge is 0.369 e. The summed E-state index contributed by atoms with van der Waals surface area (Å²) in [5, 5.41) is 8.71. The maximum absolute atomic E-state index is 12.2. The third-order valence-corrected chi connectivity index (χ3v) is 5.82. The lowest BCUT2D eigenvalue weighted by Gasteiger charge is -2.32. The minimum atomic E-state index is -0.271. The quantitative estimate of drug-likeness (QED) is 0.594. The predicted molar refractivity (Wildman–Crippen MR) is 113 cm³/mol. The number of carbonyl (C=O) groups excluding carboxylic acids is 2. The van der Waals surface area contributed by atoms with E-state index in [1.165, 1.54) is 11.3 Å². The summed E-state index contributed by atoms with van der Waals surface area (Å²) < 4.78 is 5.21. The van der Waals surface area contributed by atoms with Gasteiger partial charge in [0.25, 0.3) is 0 Å². The SMILES string of the molecule is NC(=O)C1CCCN(c2ccc(NC(=O)CCc3nc(-c4cccs4)no3)cn2)C1. The van der Waals surface area contributed by atoms with Gasteiger partial charge in [-0.15, -0.1) is 11.3 Å². The molecule has 1 fully saturated rings. The Morgan fingerprint density at radius 1 is 1.33 bits per heavy atom. The molecule has 1 aliphatic heterocycles. The van der Waals surface area contributed by atoms with Crippen LogP contribution in [0, 0.1) is 5.92 Å². The highest BCUT2D eigenvalue weighted by Gasteiger charge is 2.24. The van der Waals surface area contributed by atoms with Crippen LogP contribution in [-0.4, -0.2) is 40.0 Å². The Labute approximate surface area is 177 Å². The van der Waals surface area contributed by atoms with Crippen LogP contribution < -0.4 is 16.0 Å². The number of rotatable bonds is 7. The molecule has 0 aliphatic carbocycles. The molecule has 3 aromatic rings. The average Bonchev–Trinajstić information content (AvgIpc) is 3.45. The molecule has 1 saturated heterocycles. The fourth-order valence-corrected chi connectivity index (χ4v) is 4.02. The first-order valence-corrected chi connectivity index (χ1v) is 10.6. The molecule has 30 heavy (non-hydrogen) atoms. The molecule has 0 spiro atoms. The molecule has 2 amide bonds. The van der Waals surface area contributed by atoms with Crippen LogP contribution in [0.1, 0.15) is 25.2 Å². The first kappa shape index (κ1) is 20.0. The van der Waals surface area contributed by atoms with E-state index in [1.807, 2.05) is 28.5 Å². The van der Waals surface area contributed by atoms with Crippen LogP contribution in [0.5, 0.6) is 0 Å². The van der Waals surface area contributed by atoms with Gasteiger partial charge in [0, 0.05) is 25.9 Å². The van der Waals surface area contributed by atoms with Gasteiger partial charge in [-0.1, -0.05) is 11.2 Å². The molecule has 9 nitrogen and oxygen atoms in total. The number of pyridine rings is 1. The number of anilines is 2. The third kappa shape index (κ3) is 4.82. The van der Waals surface area contributed by atoms with Gasteiger partial charge in [0.1, 0.15) is 5.82 Å². The minimum absolute atomic E-state index is 0.148. The molecular formula is C20H22N6O3S. The number of amides is 2. The number of hydrogen-bond acceptors (Lipinski definition) is 8. The first-order valence-electron chi connectivity index (χ1n) is 9.75. The van der Waals surface area contributed by atoms with Gasteiger partial charge in [-0.3, -0.25) is 9.59 Å². The monoisotopic (exact) mass is 426 g/mol. The molecule has 0 bridgehead atoms. The summed E-state index contributed by atoms with van der Waals surface area (Å²) in [7, 11) is 0. The van der Waals surface area contributed by atoms with Crippen LogP contribution in [0.2, 0.25) is 0 Å².